The van der Waals surface area contributed by atoms with Crippen molar-refractivity contribution in [3.8, 4) is 17.2 Å². The number of phenolic OH excluding ortho intramolecular Hbond substituents is 3. The summed E-state index contributed by atoms with van der Waals surface area (Å²) in [6.45, 7) is 0. The number of hydrogen-bond acceptors (Lipinski definition) is 8. The second kappa shape index (κ2) is 6.19. The Labute approximate surface area is 138 Å². The first-order chi connectivity index (χ1) is 11.6. The zero-order valence-corrected chi connectivity index (χ0v) is 12.2. The third kappa shape index (κ3) is 2.98. The molecule has 2 rings (SSSR count). The summed E-state index contributed by atoms with van der Waals surface area (Å²) in [6.07, 6.45) is -3.16. The minimum atomic E-state index is -2.12. The van der Waals surface area contributed by atoms with Gasteiger partial charge in [-0.15, -0.1) is 0 Å². The number of esters is 1. The average molecular weight is 356 g/mol. The number of cyclic esters (lactones) is 1. The molecule has 0 saturated heterocycles. The number of carbonyl (C=O) groups excluding carboxylic acids is 1. The zero-order chi connectivity index (χ0) is 19.0. The Hall–Kier alpha value is -3.50. The second-order valence-electron chi connectivity index (χ2n) is 5.29. The SMILES string of the molecule is O=C(O)C[C@H](C(=O)O)[C@H]1c2c(cc(O)c(O)c2O)C(=O)OC1C(=O)O. The lowest BCUT2D eigenvalue weighted by atomic mass is 9.76. The fraction of sp³-hybridized carbons (Fsp3) is 0.286. The molecule has 0 aromatic heterocycles. The zero-order valence-electron chi connectivity index (χ0n) is 12.2. The van der Waals surface area contributed by atoms with Crippen LogP contribution in [0, 0.1) is 5.92 Å². The number of phenols is 3. The first kappa shape index (κ1) is 17.8. The van der Waals surface area contributed by atoms with E-state index in [1.165, 1.54) is 0 Å². The van der Waals surface area contributed by atoms with Crippen molar-refractivity contribution in [3.05, 3.63) is 17.2 Å². The first-order valence-corrected chi connectivity index (χ1v) is 6.72. The van der Waals surface area contributed by atoms with Crippen LogP contribution in [0.15, 0.2) is 6.07 Å². The van der Waals surface area contributed by atoms with Crippen molar-refractivity contribution in [2.24, 2.45) is 5.92 Å². The monoisotopic (exact) mass is 356 g/mol. The molecule has 3 atom stereocenters. The van der Waals surface area contributed by atoms with Crippen molar-refractivity contribution in [2.75, 3.05) is 0 Å². The molecule has 0 spiro atoms. The largest absolute Gasteiger partial charge is 0.504 e. The summed E-state index contributed by atoms with van der Waals surface area (Å²) in [4.78, 5) is 45.7. The van der Waals surface area contributed by atoms with E-state index in [1.807, 2.05) is 0 Å². The maximum absolute atomic E-state index is 11.9. The Morgan fingerprint density at radius 2 is 1.68 bits per heavy atom. The number of benzene rings is 1. The van der Waals surface area contributed by atoms with Crippen molar-refractivity contribution in [1.29, 1.82) is 0 Å². The molecule has 6 N–H and O–H groups in total. The maximum Gasteiger partial charge on any atom is 0.345 e. The van der Waals surface area contributed by atoms with Crippen molar-refractivity contribution in [1.82, 2.24) is 0 Å². The van der Waals surface area contributed by atoms with Gasteiger partial charge in [0, 0.05) is 5.56 Å². The summed E-state index contributed by atoms with van der Waals surface area (Å²) in [7, 11) is 0. The fourth-order valence-corrected chi connectivity index (χ4v) is 2.74. The van der Waals surface area contributed by atoms with Gasteiger partial charge >= 0.3 is 23.9 Å². The van der Waals surface area contributed by atoms with E-state index in [4.69, 9.17) is 5.11 Å². The van der Waals surface area contributed by atoms with Crippen LogP contribution in [0.5, 0.6) is 17.2 Å². The van der Waals surface area contributed by atoms with Gasteiger partial charge < -0.3 is 35.4 Å². The molecular weight excluding hydrogens is 344 g/mol. The van der Waals surface area contributed by atoms with Gasteiger partial charge in [0.25, 0.3) is 0 Å². The molecule has 1 aliphatic heterocycles. The summed E-state index contributed by atoms with van der Waals surface area (Å²) in [5.41, 5.74) is -1.19. The molecular formula is C14H12O11. The van der Waals surface area contributed by atoms with Crippen LogP contribution < -0.4 is 0 Å². The van der Waals surface area contributed by atoms with Crippen LogP contribution >= 0.6 is 0 Å². The summed E-state index contributed by atoms with van der Waals surface area (Å²) < 4.78 is 4.65. The number of rotatable bonds is 5. The van der Waals surface area contributed by atoms with Crippen LogP contribution in [-0.4, -0.2) is 60.6 Å². The summed E-state index contributed by atoms with van der Waals surface area (Å²) in [5, 5.41) is 56.5. The lowest BCUT2D eigenvalue weighted by Gasteiger charge is -2.34. The third-order valence-electron chi connectivity index (χ3n) is 3.80. The van der Waals surface area contributed by atoms with Crippen molar-refractivity contribution < 1.29 is 54.6 Å². The van der Waals surface area contributed by atoms with Crippen LogP contribution in [0.1, 0.15) is 28.3 Å². The molecule has 0 amide bonds. The number of carboxylic acid groups (broad SMARTS) is 3. The van der Waals surface area contributed by atoms with E-state index in [0.717, 1.165) is 0 Å². The molecule has 0 fully saturated rings. The number of ether oxygens (including phenoxy) is 1. The third-order valence-corrected chi connectivity index (χ3v) is 3.80. The molecule has 0 radical (unpaired) electrons. The number of carbonyl (C=O) groups is 4. The van der Waals surface area contributed by atoms with Crippen LogP contribution in [0.4, 0.5) is 0 Å². The number of aliphatic carboxylic acids is 3. The number of hydrogen-bond donors (Lipinski definition) is 6. The molecule has 0 aliphatic carbocycles. The van der Waals surface area contributed by atoms with Gasteiger partial charge in [0.15, 0.2) is 11.5 Å². The van der Waals surface area contributed by atoms with Gasteiger partial charge in [0.1, 0.15) is 0 Å². The van der Waals surface area contributed by atoms with Gasteiger partial charge in [0.05, 0.1) is 23.8 Å². The van der Waals surface area contributed by atoms with E-state index in [1.54, 1.807) is 0 Å². The van der Waals surface area contributed by atoms with Crippen LogP contribution in [0.25, 0.3) is 0 Å². The second-order valence-corrected chi connectivity index (χ2v) is 5.29. The summed E-state index contributed by atoms with van der Waals surface area (Å²) in [5.74, 6) is -13.2. The van der Waals surface area contributed by atoms with Gasteiger partial charge in [-0.3, -0.25) is 9.59 Å². The highest BCUT2D eigenvalue weighted by atomic mass is 16.6. The van der Waals surface area contributed by atoms with E-state index in [0.29, 0.717) is 6.07 Å². The molecule has 0 bridgehead atoms. The van der Waals surface area contributed by atoms with E-state index in [2.05, 4.69) is 4.74 Å². The lowest BCUT2D eigenvalue weighted by molar-refractivity contribution is -0.156. The average Bonchev–Trinajstić information content (AvgIpc) is 2.50. The molecule has 1 aromatic rings. The number of aromatic hydroxyl groups is 3. The molecule has 1 aliphatic rings. The normalized spacial score (nSPS) is 20.2. The van der Waals surface area contributed by atoms with E-state index in [9.17, 15) is 44.7 Å². The first-order valence-electron chi connectivity index (χ1n) is 6.72. The Balaban J connectivity index is 2.78. The molecule has 1 heterocycles. The van der Waals surface area contributed by atoms with Gasteiger partial charge in [0.2, 0.25) is 11.9 Å². The van der Waals surface area contributed by atoms with Gasteiger partial charge in [-0.2, -0.15) is 0 Å². The van der Waals surface area contributed by atoms with Crippen molar-refractivity contribution >= 4 is 23.9 Å². The molecule has 11 nitrogen and oxygen atoms in total. The predicted octanol–water partition coefficient (Wildman–Crippen LogP) is -0.314. The van der Waals surface area contributed by atoms with Crippen molar-refractivity contribution in [3.63, 3.8) is 0 Å². The minimum Gasteiger partial charge on any atom is -0.504 e. The molecule has 0 saturated carbocycles. The van der Waals surface area contributed by atoms with Gasteiger partial charge in [-0.1, -0.05) is 0 Å². The molecule has 1 aromatic carbocycles. The smallest absolute Gasteiger partial charge is 0.345 e. The highest BCUT2D eigenvalue weighted by molar-refractivity contribution is 5.98. The van der Waals surface area contributed by atoms with E-state index >= 15 is 0 Å². The van der Waals surface area contributed by atoms with E-state index in [-0.39, 0.29) is 0 Å². The fourth-order valence-electron chi connectivity index (χ4n) is 2.74. The standard InChI is InChI=1S/C14H12O11/c15-5-1-4-7(10(19)9(5)18)8(3(12(20)21)2-6(16)17)11(13(22)23)25-14(4)24/h1,3,8,11,15,18-19H,2H2,(H,16,17)(H,20,21)(H,22,23)/t3-,8-,11?/m0/s1. The number of carboxylic acids is 3. The summed E-state index contributed by atoms with van der Waals surface area (Å²) in [6, 6.07) is 0.664. The molecule has 1 unspecified atom stereocenters. The van der Waals surface area contributed by atoms with Gasteiger partial charge in [-0.05, 0) is 6.07 Å². The number of fused-ring (bicyclic) bond motifs is 1. The predicted molar refractivity (Wildman–Crippen MR) is 74.4 cm³/mol. The molecule has 25 heavy (non-hydrogen) atoms. The Morgan fingerprint density at radius 1 is 1.08 bits per heavy atom. The van der Waals surface area contributed by atoms with Crippen molar-refractivity contribution in [2.45, 2.75) is 18.4 Å². The van der Waals surface area contributed by atoms with Crippen LogP contribution in [-0.2, 0) is 19.1 Å². The Morgan fingerprint density at radius 3 is 2.16 bits per heavy atom. The Kier molecular flexibility index (Phi) is 4.42. The quantitative estimate of drug-likeness (QED) is 0.298. The lowest BCUT2D eigenvalue weighted by Crippen LogP contribution is -2.44. The molecule has 11 heteroatoms. The summed E-state index contributed by atoms with van der Waals surface area (Å²) >= 11 is 0. The van der Waals surface area contributed by atoms with Crippen LogP contribution in [0.2, 0.25) is 0 Å². The van der Waals surface area contributed by atoms with Crippen LogP contribution in [0.3, 0.4) is 0 Å². The van der Waals surface area contributed by atoms with Gasteiger partial charge in [-0.25, -0.2) is 9.59 Å². The highest BCUT2D eigenvalue weighted by Crippen LogP contribution is 2.49. The highest BCUT2D eigenvalue weighted by Gasteiger charge is 2.49. The topological polar surface area (TPSA) is 199 Å². The Bertz CT molecular complexity index is 781. The maximum atomic E-state index is 11.9. The molecule has 134 valence electrons. The minimum absolute atomic E-state index is 0.577. The van der Waals surface area contributed by atoms with E-state index < -0.39 is 76.6 Å².